The zero-order valence-electron chi connectivity index (χ0n) is 9.43. The normalized spacial score (nSPS) is 11.2. The fourth-order valence-electron chi connectivity index (χ4n) is 0.569. The van der Waals surface area contributed by atoms with Crippen LogP contribution in [0.15, 0.2) is 0 Å². The van der Waals surface area contributed by atoms with Gasteiger partial charge in [-0.3, -0.25) is 0 Å². The molecule has 0 spiro atoms. The second-order valence-corrected chi connectivity index (χ2v) is 3.55. The molecule has 0 aromatic carbocycles. The van der Waals surface area contributed by atoms with Crippen molar-refractivity contribution in [3.8, 4) is 0 Å². The zero-order valence-corrected chi connectivity index (χ0v) is 12.3. The molecule has 0 saturated carbocycles. The quantitative estimate of drug-likeness (QED) is 0.656. The average Bonchev–Trinajstić information content (AvgIpc) is 1.87. The minimum atomic E-state index is 0. The molecule has 0 aliphatic rings. The molecule has 0 aliphatic heterocycles. The van der Waals surface area contributed by atoms with E-state index in [4.69, 9.17) is 0 Å². The molecule has 0 fully saturated rings. The summed E-state index contributed by atoms with van der Waals surface area (Å²) in [4.78, 5) is 0. The summed E-state index contributed by atoms with van der Waals surface area (Å²) in [6.07, 6.45) is 4.81. The SMILES string of the molecule is C[CH-]CC(C)CC.[CH2-]C(C)C.[Y]. The van der Waals surface area contributed by atoms with E-state index in [0.29, 0.717) is 5.92 Å². The van der Waals surface area contributed by atoms with E-state index in [-0.39, 0.29) is 32.7 Å². The third kappa shape index (κ3) is 30.4. The molecule has 12 heavy (non-hydrogen) atoms. The Kier molecular flexibility index (Phi) is 22.9. The first-order chi connectivity index (χ1) is 5.04. The van der Waals surface area contributed by atoms with Crippen molar-refractivity contribution >= 4 is 0 Å². The molecule has 0 bridgehead atoms. The summed E-state index contributed by atoms with van der Waals surface area (Å²) < 4.78 is 0. The Labute approximate surface area is 105 Å². The van der Waals surface area contributed by atoms with E-state index < -0.39 is 0 Å². The second kappa shape index (κ2) is 14.6. The summed E-state index contributed by atoms with van der Waals surface area (Å²) in [6.45, 7) is 14.4. The third-order valence-electron chi connectivity index (χ3n) is 1.33. The Hall–Kier alpha value is 1.10. The van der Waals surface area contributed by atoms with E-state index in [1.165, 1.54) is 12.8 Å². The molecule has 0 N–H and O–H groups in total. The van der Waals surface area contributed by atoms with Crippen LogP contribution in [0, 0.1) is 25.2 Å². The molecule has 0 heterocycles. The number of hydrogen-bond acceptors (Lipinski definition) is 0. The first kappa shape index (κ1) is 18.8. The van der Waals surface area contributed by atoms with E-state index >= 15 is 0 Å². The summed E-state index contributed by atoms with van der Waals surface area (Å²) >= 11 is 0. The van der Waals surface area contributed by atoms with Crippen molar-refractivity contribution in [1.82, 2.24) is 0 Å². The van der Waals surface area contributed by atoms with Crippen LogP contribution in [0.5, 0.6) is 0 Å². The molecule has 1 heteroatoms. The van der Waals surface area contributed by atoms with Crippen molar-refractivity contribution in [3.63, 3.8) is 0 Å². The van der Waals surface area contributed by atoms with Crippen LogP contribution in [0.2, 0.25) is 0 Å². The van der Waals surface area contributed by atoms with Crippen molar-refractivity contribution < 1.29 is 32.7 Å². The first-order valence-corrected chi connectivity index (χ1v) is 4.65. The fourth-order valence-corrected chi connectivity index (χ4v) is 0.569. The maximum atomic E-state index is 3.64. The van der Waals surface area contributed by atoms with Gasteiger partial charge < -0.3 is 13.3 Å². The van der Waals surface area contributed by atoms with E-state index in [0.717, 1.165) is 5.92 Å². The fraction of sp³-hybridized carbons (Fsp3) is 0.818. The summed E-state index contributed by atoms with van der Waals surface area (Å²) in [5, 5.41) is 0. The molecule has 0 amide bonds. The van der Waals surface area contributed by atoms with Crippen molar-refractivity contribution in [2.24, 2.45) is 11.8 Å². The molecule has 73 valence electrons. The minimum absolute atomic E-state index is 0. The van der Waals surface area contributed by atoms with E-state index in [2.05, 4.69) is 48.0 Å². The topological polar surface area (TPSA) is 0 Å². The van der Waals surface area contributed by atoms with E-state index in [1.807, 2.05) is 0 Å². The maximum Gasteiger partial charge on any atom is 0 e. The van der Waals surface area contributed by atoms with Gasteiger partial charge in [0, 0.05) is 32.7 Å². The molecular weight excluding hydrogens is 221 g/mol. The van der Waals surface area contributed by atoms with Gasteiger partial charge in [0.15, 0.2) is 0 Å². The van der Waals surface area contributed by atoms with Gasteiger partial charge in [-0.2, -0.15) is 19.3 Å². The van der Waals surface area contributed by atoms with Gasteiger partial charge >= 0.3 is 0 Å². The van der Waals surface area contributed by atoms with Crippen LogP contribution in [-0.4, -0.2) is 0 Å². The van der Waals surface area contributed by atoms with Crippen LogP contribution in [-0.2, 0) is 32.7 Å². The molecule has 0 saturated heterocycles. The Morgan fingerprint density at radius 2 is 1.58 bits per heavy atom. The summed E-state index contributed by atoms with van der Waals surface area (Å²) in [6, 6.07) is 0. The Bertz CT molecular complexity index is 57.3. The van der Waals surface area contributed by atoms with Crippen LogP contribution in [0.25, 0.3) is 0 Å². The molecule has 0 aliphatic carbocycles. The number of rotatable bonds is 3. The predicted molar refractivity (Wildman–Crippen MR) is 54.2 cm³/mol. The van der Waals surface area contributed by atoms with Crippen molar-refractivity contribution in [1.29, 1.82) is 0 Å². The standard InChI is InChI=1S/C7H15.C4H9.Y/c1-4-6-7(3)5-2;1-4(2)3;/h4,7H,5-6H2,1-3H3;4H,1H2,2-3H3;/q2*-1;. The molecule has 0 nitrogen and oxygen atoms in total. The van der Waals surface area contributed by atoms with Gasteiger partial charge in [-0.25, -0.2) is 0 Å². The van der Waals surface area contributed by atoms with E-state index in [9.17, 15) is 0 Å². The maximum absolute atomic E-state index is 3.64. The van der Waals surface area contributed by atoms with Gasteiger partial charge in [-0.05, 0) is 0 Å². The van der Waals surface area contributed by atoms with Crippen LogP contribution in [0.1, 0.15) is 47.5 Å². The summed E-state index contributed by atoms with van der Waals surface area (Å²) in [5.74, 6) is 1.48. The van der Waals surface area contributed by atoms with Crippen LogP contribution in [0.4, 0.5) is 0 Å². The Morgan fingerprint density at radius 3 is 1.67 bits per heavy atom. The van der Waals surface area contributed by atoms with Gasteiger partial charge in [-0.15, -0.1) is 0 Å². The third-order valence-corrected chi connectivity index (χ3v) is 1.33. The summed E-state index contributed by atoms with van der Waals surface area (Å²) in [5.41, 5.74) is 0. The first-order valence-electron chi connectivity index (χ1n) is 4.65. The largest absolute Gasteiger partial charge is 0.341 e. The van der Waals surface area contributed by atoms with Crippen molar-refractivity contribution in [2.45, 2.75) is 47.5 Å². The van der Waals surface area contributed by atoms with Gasteiger partial charge in [0.2, 0.25) is 0 Å². The Balaban J connectivity index is -0.000000142. The van der Waals surface area contributed by atoms with Crippen LogP contribution >= 0.6 is 0 Å². The van der Waals surface area contributed by atoms with E-state index in [1.54, 1.807) is 0 Å². The molecule has 1 atom stereocenters. The molecule has 0 aromatic heterocycles. The summed E-state index contributed by atoms with van der Waals surface area (Å²) in [7, 11) is 0. The van der Waals surface area contributed by atoms with Gasteiger partial charge in [0.05, 0.1) is 0 Å². The average molecular weight is 245 g/mol. The van der Waals surface area contributed by atoms with Crippen LogP contribution in [0.3, 0.4) is 0 Å². The molecule has 0 aromatic rings. The zero-order chi connectivity index (χ0) is 9.28. The van der Waals surface area contributed by atoms with Crippen molar-refractivity contribution in [2.75, 3.05) is 0 Å². The second-order valence-electron chi connectivity index (χ2n) is 3.55. The molecular formula is C11H24Y-2. The molecule has 1 unspecified atom stereocenters. The van der Waals surface area contributed by atoms with Gasteiger partial charge in [-0.1, -0.05) is 40.0 Å². The van der Waals surface area contributed by atoms with Gasteiger partial charge in [0.25, 0.3) is 0 Å². The monoisotopic (exact) mass is 245 g/mol. The minimum Gasteiger partial charge on any atom is -0.341 e. The van der Waals surface area contributed by atoms with Gasteiger partial charge in [0.1, 0.15) is 0 Å². The number of hydrogen-bond donors (Lipinski definition) is 0. The van der Waals surface area contributed by atoms with Crippen molar-refractivity contribution in [3.05, 3.63) is 13.3 Å². The Morgan fingerprint density at radius 1 is 1.25 bits per heavy atom. The predicted octanol–water partition coefficient (Wildman–Crippen LogP) is 4.12. The van der Waals surface area contributed by atoms with Crippen LogP contribution < -0.4 is 0 Å². The molecule has 0 rings (SSSR count). The smallest absolute Gasteiger partial charge is 0 e. The molecule has 1 radical (unpaired) electrons.